The fourth-order valence-corrected chi connectivity index (χ4v) is 2.85. The highest BCUT2D eigenvalue weighted by atomic mass is 16.4. The number of hydrogen-bond acceptors (Lipinski definition) is 5. The minimum Gasteiger partial charge on any atom is -0.423 e. The number of oxazole rings is 1. The van der Waals surface area contributed by atoms with Gasteiger partial charge in [0.2, 0.25) is 0 Å². The predicted molar refractivity (Wildman–Crippen MR) is 77.3 cm³/mol. The van der Waals surface area contributed by atoms with Gasteiger partial charge in [-0.2, -0.15) is 10.1 Å². The molecule has 0 spiro atoms. The maximum atomic E-state index is 11.6. The molecule has 7 heteroatoms. The summed E-state index contributed by atoms with van der Waals surface area (Å²) in [6.07, 6.45) is 3.32. The van der Waals surface area contributed by atoms with Gasteiger partial charge < -0.3 is 9.32 Å². The van der Waals surface area contributed by atoms with E-state index in [1.165, 1.54) is 0 Å². The molecule has 1 saturated heterocycles. The first-order valence-corrected chi connectivity index (χ1v) is 7.03. The first kappa shape index (κ1) is 12.2. The van der Waals surface area contributed by atoms with E-state index in [1.54, 1.807) is 10.9 Å². The average molecular weight is 285 g/mol. The lowest BCUT2D eigenvalue weighted by molar-refractivity contribution is 0.375. The fraction of sp³-hybridized carbons (Fsp3) is 0.357. The van der Waals surface area contributed by atoms with Crippen LogP contribution in [0.25, 0.3) is 11.1 Å². The monoisotopic (exact) mass is 285 g/mol. The van der Waals surface area contributed by atoms with E-state index in [0.29, 0.717) is 6.01 Å². The molecule has 0 saturated carbocycles. The van der Waals surface area contributed by atoms with Gasteiger partial charge in [0.1, 0.15) is 11.8 Å². The number of aromatic nitrogens is 4. The first-order chi connectivity index (χ1) is 10.3. The molecule has 1 aliphatic heterocycles. The summed E-state index contributed by atoms with van der Waals surface area (Å²) >= 11 is 0. The third-order valence-electron chi connectivity index (χ3n) is 3.99. The van der Waals surface area contributed by atoms with Gasteiger partial charge >= 0.3 is 5.69 Å². The van der Waals surface area contributed by atoms with Crippen LogP contribution in [0.2, 0.25) is 0 Å². The summed E-state index contributed by atoms with van der Waals surface area (Å²) in [5, 5.41) is 6.22. The Hall–Kier alpha value is -2.57. The second kappa shape index (κ2) is 4.76. The highest BCUT2D eigenvalue weighted by molar-refractivity contribution is 5.74. The molecule has 1 N–H and O–H groups in total. The molecule has 4 rings (SSSR count). The molecule has 2 aromatic heterocycles. The van der Waals surface area contributed by atoms with Crippen LogP contribution in [0, 0.1) is 0 Å². The SMILES string of the molecule is O=c1[nH]ncn1C1CCN(c2nc3ccccc3o2)CC1. The number of para-hydroxylation sites is 2. The van der Waals surface area contributed by atoms with Crippen LogP contribution in [0.3, 0.4) is 0 Å². The summed E-state index contributed by atoms with van der Waals surface area (Å²) in [4.78, 5) is 18.2. The highest BCUT2D eigenvalue weighted by Crippen LogP contribution is 2.27. The van der Waals surface area contributed by atoms with Crippen molar-refractivity contribution in [1.82, 2.24) is 19.7 Å². The largest absolute Gasteiger partial charge is 0.423 e. The lowest BCUT2D eigenvalue weighted by atomic mass is 10.1. The fourth-order valence-electron chi connectivity index (χ4n) is 2.85. The number of fused-ring (bicyclic) bond motifs is 1. The Morgan fingerprint density at radius 1 is 1.24 bits per heavy atom. The minimum absolute atomic E-state index is 0.143. The average Bonchev–Trinajstić information content (AvgIpc) is 3.13. The van der Waals surface area contributed by atoms with Gasteiger partial charge in [-0.15, -0.1) is 0 Å². The maximum absolute atomic E-state index is 11.6. The number of benzene rings is 1. The maximum Gasteiger partial charge on any atom is 0.343 e. The number of H-pyrrole nitrogens is 1. The number of nitrogens with zero attached hydrogens (tertiary/aromatic N) is 4. The van der Waals surface area contributed by atoms with Gasteiger partial charge in [0.05, 0.1) is 0 Å². The van der Waals surface area contributed by atoms with Crippen molar-refractivity contribution >= 4 is 17.1 Å². The molecule has 1 fully saturated rings. The van der Waals surface area contributed by atoms with Crippen molar-refractivity contribution in [3.05, 3.63) is 41.1 Å². The molecule has 1 aliphatic rings. The Labute approximate surface area is 120 Å². The van der Waals surface area contributed by atoms with Crippen molar-refractivity contribution in [2.24, 2.45) is 0 Å². The molecule has 3 heterocycles. The Morgan fingerprint density at radius 2 is 2.05 bits per heavy atom. The molecular weight excluding hydrogens is 270 g/mol. The van der Waals surface area contributed by atoms with E-state index >= 15 is 0 Å². The Balaban J connectivity index is 1.52. The van der Waals surface area contributed by atoms with Crippen molar-refractivity contribution in [3.63, 3.8) is 0 Å². The van der Waals surface area contributed by atoms with E-state index < -0.39 is 0 Å². The Bertz CT molecular complexity index is 777. The van der Waals surface area contributed by atoms with Crippen LogP contribution in [0.15, 0.2) is 39.8 Å². The number of piperidine rings is 1. The van der Waals surface area contributed by atoms with Gasteiger partial charge in [-0.1, -0.05) is 12.1 Å². The molecule has 3 aromatic rings. The molecular formula is C14H15N5O2. The zero-order valence-corrected chi connectivity index (χ0v) is 11.4. The molecule has 7 nitrogen and oxygen atoms in total. The molecule has 0 aliphatic carbocycles. The third-order valence-corrected chi connectivity index (χ3v) is 3.99. The lowest BCUT2D eigenvalue weighted by Crippen LogP contribution is -2.37. The van der Waals surface area contributed by atoms with Crippen LogP contribution < -0.4 is 10.6 Å². The number of nitrogens with one attached hydrogen (secondary N) is 1. The van der Waals surface area contributed by atoms with E-state index in [2.05, 4.69) is 20.1 Å². The molecule has 0 unspecified atom stereocenters. The van der Waals surface area contributed by atoms with Crippen LogP contribution in [0.4, 0.5) is 6.01 Å². The second-order valence-electron chi connectivity index (χ2n) is 5.25. The summed E-state index contributed by atoms with van der Waals surface area (Å²) in [6.45, 7) is 1.63. The van der Waals surface area contributed by atoms with Crippen molar-refractivity contribution < 1.29 is 4.42 Å². The molecule has 108 valence electrons. The summed E-state index contributed by atoms with van der Waals surface area (Å²) < 4.78 is 7.45. The van der Waals surface area contributed by atoms with Gasteiger partial charge in [-0.05, 0) is 25.0 Å². The number of hydrogen-bond donors (Lipinski definition) is 1. The van der Waals surface area contributed by atoms with Crippen molar-refractivity contribution in [1.29, 1.82) is 0 Å². The van der Waals surface area contributed by atoms with Gasteiger partial charge in [-0.3, -0.25) is 4.57 Å². The normalized spacial score (nSPS) is 16.7. The molecule has 0 atom stereocenters. The summed E-state index contributed by atoms with van der Waals surface area (Å²) in [7, 11) is 0. The smallest absolute Gasteiger partial charge is 0.343 e. The van der Waals surface area contributed by atoms with Crippen molar-refractivity contribution in [2.75, 3.05) is 18.0 Å². The van der Waals surface area contributed by atoms with Crippen LogP contribution in [-0.2, 0) is 0 Å². The van der Waals surface area contributed by atoms with Crippen molar-refractivity contribution in [2.45, 2.75) is 18.9 Å². The molecule has 1 aromatic carbocycles. The van der Waals surface area contributed by atoms with Crippen LogP contribution in [0.5, 0.6) is 0 Å². The highest BCUT2D eigenvalue weighted by Gasteiger charge is 2.24. The summed E-state index contributed by atoms with van der Waals surface area (Å²) in [5.41, 5.74) is 1.54. The topological polar surface area (TPSA) is 80.0 Å². The molecule has 0 amide bonds. The third kappa shape index (κ3) is 2.10. The van der Waals surface area contributed by atoms with E-state index in [4.69, 9.17) is 4.42 Å². The van der Waals surface area contributed by atoms with Crippen molar-refractivity contribution in [3.8, 4) is 0 Å². The van der Waals surface area contributed by atoms with E-state index in [0.717, 1.165) is 37.0 Å². The molecule has 0 bridgehead atoms. The Kier molecular flexibility index (Phi) is 2.77. The van der Waals surface area contributed by atoms with Gasteiger partial charge in [-0.25, -0.2) is 9.89 Å². The predicted octanol–water partition coefficient (Wildman–Crippen LogP) is 1.55. The Morgan fingerprint density at radius 3 is 2.76 bits per heavy atom. The van der Waals surface area contributed by atoms with Crippen LogP contribution >= 0.6 is 0 Å². The number of aromatic amines is 1. The number of rotatable bonds is 2. The van der Waals surface area contributed by atoms with Gasteiger partial charge in [0.15, 0.2) is 5.58 Å². The minimum atomic E-state index is -0.143. The van der Waals surface area contributed by atoms with Gasteiger partial charge in [0.25, 0.3) is 6.01 Å². The zero-order chi connectivity index (χ0) is 14.2. The molecule has 0 radical (unpaired) electrons. The summed E-state index contributed by atoms with van der Waals surface area (Å²) in [6, 6.07) is 8.61. The quantitative estimate of drug-likeness (QED) is 0.772. The van der Waals surface area contributed by atoms with Crippen LogP contribution in [0.1, 0.15) is 18.9 Å². The second-order valence-corrected chi connectivity index (χ2v) is 5.25. The zero-order valence-electron chi connectivity index (χ0n) is 11.4. The summed E-state index contributed by atoms with van der Waals surface area (Å²) in [5.74, 6) is 0. The standard InChI is InChI=1S/C14H15N5O2/c20-13-17-15-9-19(13)10-5-7-18(8-6-10)14-16-11-3-1-2-4-12(11)21-14/h1-4,9-10H,5-8H2,(H,17,20). The first-order valence-electron chi connectivity index (χ1n) is 7.03. The molecule has 21 heavy (non-hydrogen) atoms. The van der Waals surface area contributed by atoms with E-state index in [9.17, 15) is 4.79 Å². The van der Waals surface area contributed by atoms with E-state index in [-0.39, 0.29) is 11.7 Å². The number of anilines is 1. The lowest BCUT2D eigenvalue weighted by Gasteiger charge is -2.30. The van der Waals surface area contributed by atoms with E-state index in [1.807, 2.05) is 24.3 Å². The van der Waals surface area contributed by atoms with Crippen LogP contribution in [-0.4, -0.2) is 32.8 Å². The van der Waals surface area contributed by atoms with Gasteiger partial charge in [0, 0.05) is 19.1 Å².